The van der Waals surface area contributed by atoms with Crippen molar-refractivity contribution in [1.82, 2.24) is 9.88 Å². The minimum absolute atomic E-state index is 0.264. The molecule has 0 fully saturated rings. The summed E-state index contributed by atoms with van der Waals surface area (Å²) in [7, 11) is 1.48. The van der Waals surface area contributed by atoms with Crippen LogP contribution in [0.25, 0.3) is 10.6 Å². The number of benzene rings is 1. The van der Waals surface area contributed by atoms with Gasteiger partial charge in [0, 0.05) is 18.0 Å². The number of likely N-dealkylation sites (N-methyl/N-ethyl adjacent to an activating group) is 1. The van der Waals surface area contributed by atoms with Gasteiger partial charge in [0.2, 0.25) is 0 Å². The average Bonchev–Trinajstić information content (AvgIpc) is 2.95. The Morgan fingerprint density at radius 2 is 1.91 bits per heavy atom. The van der Waals surface area contributed by atoms with Crippen molar-refractivity contribution in [1.29, 1.82) is 0 Å². The molecule has 2 rings (SSSR count). The summed E-state index contributed by atoms with van der Waals surface area (Å²) in [6.45, 7) is 4.96. The molecule has 0 atom stereocenters. The number of aliphatic carboxylic acids is 1. The first-order chi connectivity index (χ1) is 10.2. The minimum atomic E-state index is -1.29. The van der Waals surface area contributed by atoms with Crippen molar-refractivity contribution in [2.24, 2.45) is 0 Å². The number of carbonyl (C=O) groups is 2. The van der Waals surface area contributed by atoms with Crippen LogP contribution in [0.2, 0.25) is 0 Å². The second-order valence-corrected chi connectivity index (χ2v) is 6.44. The molecule has 116 valence electrons. The molecule has 6 heteroatoms. The van der Waals surface area contributed by atoms with Crippen LogP contribution in [0.4, 0.5) is 0 Å². The van der Waals surface area contributed by atoms with Gasteiger partial charge in [-0.05, 0) is 26.3 Å². The molecule has 22 heavy (non-hydrogen) atoms. The first-order valence-corrected chi connectivity index (χ1v) is 7.66. The zero-order chi connectivity index (χ0) is 16.5. The number of hydrogen-bond donors (Lipinski definition) is 1. The van der Waals surface area contributed by atoms with Crippen molar-refractivity contribution >= 4 is 23.2 Å². The number of aryl methyl sites for hydroxylation is 1. The third kappa shape index (κ3) is 2.87. The molecule has 0 radical (unpaired) electrons. The molecule has 0 aliphatic heterocycles. The van der Waals surface area contributed by atoms with Crippen molar-refractivity contribution in [3.8, 4) is 10.6 Å². The molecule has 2 aromatic rings. The molecule has 0 unspecified atom stereocenters. The molecule has 5 nitrogen and oxygen atoms in total. The van der Waals surface area contributed by atoms with Crippen molar-refractivity contribution in [3.05, 3.63) is 40.9 Å². The fourth-order valence-corrected chi connectivity index (χ4v) is 2.76. The van der Waals surface area contributed by atoms with E-state index >= 15 is 0 Å². The standard InChI is InChI=1S/C16H18N2O3S/c1-10-7-5-6-8-11(10)13-17-12(9-22-13)14(19)18(4)16(2,3)15(20)21/h5-9H,1-4H3,(H,20,21). The largest absolute Gasteiger partial charge is 0.480 e. The Bertz CT molecular complexity index is 722. The van der Waals surface area contributed by atoms with Crippen LogP contribution in [0.15, 0.2) is 29.6 Å². The van der Waals surface area contributed by atoms with Crippen LogP contribution in [0.5, 0.6) is 0 Å². The summed E-state index contributed by atoms with van der Waals surface area (Å²) in [5.41, 5.74) is 1.03. The molecule has 0 aliphatic rings. The quantitative estimate of drug-likeness (QED) is 0.940. The SMILES string of the molecule is Cc1ccccc1-c1nc(C(=O)N(C)C(C)(C)C(=O)O)cs1. The van der Waals surface area contributed by atoms with E-state index in [1.54, 1.807) is 5.38 Å². The van der Waals surface area contributed by atoms with Gasteiger partial charge < -0.3 is 10.0 Å². The molecular weight excluding hydrogens is 300 g/mol. The first-order valence-electron chi connectivity index (χ1n) is 6.78. The first kappa shape index (κ1) is 16.2. The molecule has 0 bridgehead atoms. The Labute approximate surface area is 133 Å². The second-order valence-electron chi connectivity index (χ2n) is 5.58. The van der Waals surface area contributed by atoms with E-state index in [-0.39, 0.29) is 5.69 Å². The van der Waals surface area contributed by atoms with E-state index in [0.29, 0.717) is 0 Å². The molecule has 0 saturated heterocycles. The van der Waals surface area contributed by atoms with Gasteiger partial charge in [-0.1, -0.05) is 24.3 Å². The summed E-state index contributed by atoms with van der Waals surface area (Å²) in [6.07, 6.45) is 0. The summed E-state index contributed by atoms with van der Waals surface area (Å²) in [5, 5.41) is 11.6. The highest BCUT2D eigenvalue weighted by atomic mass is 32.1. The summed E-state index contributed by atoms with van der Waals surface area (Å²) in [5.74, 6) is -1.46. The van der Waals surface area contributed by atoms with E-state index in [2.05, 4.69) is 4.98 Å². The second kappa shape index (κ2) is 5.88. The number of carboxylic acids is 1. The lowest BCUT2D eigenvalue weighted by Gasteiger charge is -2.30. The lowest BCUT2D eigenvalue weighted by molar-refractivity contribution is -0.147. The van der Waals surface area contributed by atoms with E-state index in [1.807, 2.05) is 31.2 Å². The summed E-state index contributed by atoms with van der Waals surface area (Å²) >= 11 is 1.38. The van der Waals surface area contributed by atoms with Gasteiger partial charge in [-0.15, -0.1) is 11.3 Å². The van der Waals surface area contributed by atoms with Crippen LogP contribution in [0.1, 0.15) is 29.9 Å². The Balaban J connectivity index is 2.31. The normalized spacial score (nSPS) is 11.3. The van der Waals surface area contributed by atoms with E-state index in [9.17, 15) is 14.7 Å². The average molecular weight is 318 g/mol. The Kier molecular flexibility index (Phi) is 4.32. The van der Waals surface area contributed by atoms with Crippen LogP contribution in [-0.2, 0) is 4.79 Å². The molecule has 0 aliphatic carbocycles. The van der Waals surface area contributed by atoms with Gasteiger partial charge in [0.05, 0.1) is 0 Å². The maximum absolute atomic E-state index is 12.4. The Hall–Kier alpha value is -2.21. The van der Waals surface area contributed by atoms with Gasteiger partial charge in [-0.2, -0.15) is 0 Å². The maximum Gasteiger partial charge on any atom is 0.329 e. The van der Waals surface area contributed by atoms with E-state index < -0.39 is 17.4 Å². The smallest absolute Gasteiger partial charge is 0.329 e. The van der Waals surface area contributed by atoms with Crippen molar-refractivity contribution < 1.29 is 14.7 Å². The van der Waals surface area contributed by atoms with Gasteiger partial charge >= 0.3 is 5.97 Å². The summed E-state index contributed by atoms with van der Waals surface area (Å²) < 4.78 is 0. The number of carbonyl (C=O) groups excluding carboxylic acids is 1. The lowest BCUT2D eigenvalue weighted by atomic mass is 10.0. The summed E-state index contributed by atoms with van der Waals surface area (Å²) in [4.78, 5) is 29.3. The number of rotatable bonds is 4. The highest BCUT2D eigenvalue weighted by molar-refractivity contribution is 7.13. The van der Waals surface area contributed by atoms with E-state index in [0.717, 1.165) is 16.1 Å². The molecule has 1 N–H and O–H groups in total. The van der Waals surface area contributed by atoms with Gasteiger partial charge in [-0.3, -0.25) is 4.79 Å². The third-order valence-electron chi connectivity index (χ3n) is 3.77. The predicted octanol–water partition coefficient (Wildman–Crippen LogP) is 3.05. The predicted molar refractivity (Wildman–Crippen MR) is 86.1 cm³/mol. The number of hydrogen-bond acceptors (Lipinski definition) is 4. The van der Waals surface area contributed by atoms with Crippen LogP contribution in [-0.4, -0.2) is 39.5 Å². The van der Waals surface area contributed by atoms with Gasteiger partial charge in [0.25, 0.3) is 5.91 Å². The topological polar surface area (TPSA) is 70.5 Å². The zero-order valence-corrected chi connectivity index (χ0v) is 13.8. The van der Waals surface area contributed by atoms with Crippen molar-refractivity contribution in [3.63, 3.8) is 0 Å². The number of thiazole rings is 1. The monoisotopic (exact) mass is 318 g/mol. The fraction of sp³-hybridized carbons (Fsp3) is 0.312. The number of aromatic nitrogens is 1. The highest BCUT2D eigenvalue weighted by Gasteiger charge is 2.36. The molecule has 0 spiro atoms. The van der Waals surface area contributed by atoms with Gasteiger partial charge in [0.15, 0.2) is 0 Å². The minimum Gasteiger partial charge on any atom is -0.480 e. The summed E-state index contributed by atoms with van der Waals surface area (Å²) in [6, 6.07) is 7.80. The van der Waals surface area contributed by atoms with E-state index in [4.69, 9.17) is 0 Å². The van der Waals surface area contributed by atoms with Crippen molar-refractivity contribution in [2.45, 2.75) is 26.3 Å². The molecule has 1 amide bonds. The van der Waals surface area contributed by atoms with Gasteiger partial charge in [0.1, 0.15) is 16.2 Å². The van der Waals surface area contributed by atoms with Crippen molar-refractivity contribution in [2.75, 3.05) is 7.05 Å². The van der Waals surface area contributed by atoms with Crippen LogP contribution in [0, 0.1) is 6.92 Å². The Morgan fingerprint density at radius 1 is 1.27 bits per heavy atom. The third-order valence-corrected chi connectivity index (χ3v) is 4.64. The van der Waals surface area contributed by atoms with Crippen LogP contribution in [0.3, 0.4) is 0 Å². The number of nitrogens with zero attached hydrogens (tertiary/aromatic N) is 2. The lowest BCUT2D eigenvalue weighted by Crippen LogP contribution is -2.50. The van der Waals surface area contributed by atoms with Crippen LogP contribution >= 0.6 is 11.3 Å². The van der Waals surface area contributed by atoms with Gasteiger partial charge in [-0.25, -0.2) is 9.78 Å². The molecule has 0 saturated carbocycles. The molecule has 1 aromatic carbocycles. The Morgan fingerprint density at radius 3 is 2.50 bits per heavy atom. The maximum atomic E-state index is 12.4. The molecular formula is C16H18N2O3S. The number of carboxylic acid groups (broad SMARTS) is 1. The van der Waals surface area contributed by atoms with Crippen LogP contribution < -0.4 is 0 Å². The number of amides is 1. The van der Waals surface area contributed by atoms with E-state index in [1.165, 1.54) is 37.1 Å². The fourth-order valence-electron chi connectivity index (χ4n) is 1.88. The molecule has 1 aromatic heterocycles. The molecule has 1 heterocycles. The zero-order valence-electron chi connectivity index (χ0n) is 13.0. The highest BCUT2D eigenvalue weighted by Crippen LogP contribution is 2.27.